The predicted octanol–water partition coefficient (Wildman–Crippen LogP) is 5.14. The quantitative estimate of drug-likeness (QED) is 0.535. The van der Waals surface area contributed by atoms with E-state index in [1.165, 1.54) is 37.7 Å². The van der Waals surface area contributed by atoms with Crippen LogP contribution in [0.2, 0.25) is 0 Å². The Bertz CT molecular complexity index is 611. The van der Waals surface area contributed by atoms with Gasteiger partial charge in [0.15, 0.2) is 0 Å². The minimum absolute atomic E-state index is 0.0101. The lowest BCUT2D eigenvalue weighted by molar-refractivity contribution is -0.160. The Labute approximate surface area is 145 Å². The number of allylic oxidation sites excluding steroid dienone is 1. The van der Waals surface area contributed by atoms with Gasteiger partial charge in [0.05, 0.1) is 12.7 Å². The minimum atomic E-state index is -0.112. The third kappa shape index (κ3) is 3.50. The molecule has 1 atom stereocenters. The molecule has 0 N–H and O–H groups in total. The molecule has 3 rings (SSSR count). The molecule has 1 saturated carbocycles. The summed E-state index contributed by atoms with van der Waals surface area (Å²) in [5.41, 5.74) is 3.21. The fourth-order valence-corrected chi connectivity index (χ4v) is 3.96. The maximum absolute atomic E-state index is 12.3. The second-order valence-corrected chi connectivity index (χ2v) is 6.95. The molecule has 0 spiro atoms. The second kappa shape index (κ2) is 7.87. The van der Waals surface area contributed by atoms with Gasteiger partial charge in [-0.25, -0.2) is 4.79 Å². The van der Waals surface area contributed by atoms with E-state index >= 15 is 0 Å². The van der Waals surface area contributed by atoms with E-state index in [9.17, 15) is 4.79 Å². The van der Waals surface area contributed by atoms with Crippen LogP contribution in [-0.2, 0) is 9.53 Å². The highest BCUT2D eigenvalue weighted by atomic mass is 16.6. The molecule has 1 heterocycles. The normalized spacial score (nSPS) is 23.4. The molecule has 2 fully saturated rings. The van der Waals surface area contributed by atoms with Crippen LogP contribution in [0.1, 0.15) is 63.9 Å². The molecule has 130 valence electrons. The van der Waals surface area contributed by atoms with Crippen molar-refractivity contribution >= 4 is 11.5 Å². The summed E-state index contributed by atoms with van der Waals surface area (Å²) in [6, 6.07) is 8.08. The van der Waals surface area contributed by atoms with Crippen LogP contribution in [0.25, 0.3) is 5.57 Å². The number of carbonyl (C=O) groups is 1. The van der Waals surface area contributed by atoms with Crippen molar-refractivity contribution in [2.75, 3.05) is 7.11 Å². The van der Waals surface area contributed by atoms with Crippen LogP contribution in [-0.4, -0.2) is 19.2 Å². The third-order valence-electron chi connectivity index (χ3n) is 5.34. The van der Waals surface area contributed by atoms with Crippen LogP contribution in [0, 0.1) is 5.92 Å². The summed E-state index contributed by atoms with van der Waals surface area (Å²) < 4.78 is 11.0. The third-order valence-corrected chi connectivity index (χ3v) is 5.34. The first-order chi connectivity index (χ1) is 11.7. The summed E-state index contributed by atoms with van der Waals surface area (Å²) in [6.45, 7) is 2.19. The molecular weight excluding hydrogens is 300 g/mol. The largest absolute Gasteiger partial charge is 0.497 e. The summed E-state index contributed by atoms with van der Waals surface area (Å²) in [5.74, 6) is 1.23. The van der Waals surface area contributed by atoms with Crippen LogP contribution < -0.4 is 4.74 Å². The highest BCUT2D eigenvalue weighted by Crippen LogP contribution is 2.42. The molecule has 3 nitrogen and oxygen atoms in total. The number of ether oxygens (including phenoxy) is 2. The van der Waals surface area contributed by atoms with Gasteiger partial charge in [0.2, 0.25) is 0 Å². The predicted molar refractivity (Wildman–Crippen MR) is 95.9 cm³/mol. The number of esters is 1. The zero-order valence-corrected chi connectivity index (χ0v) is 14.8. The standard InChI is InChI=1S/C21H28O3/c1-3-4-13-18(16-11-8-12-17(14-16)23-2)19-20(24-21(19)22)15-9-6-5-7-10-15/h8,11-12,14-15,20H,3-7,9-10,13H2,1-2H3/b19-18-. The minimum Gasteiger partial charge on any atom is -0.497 e. The average molecular weight is 328 g/mol. The van der Waals surface area contributed by atoms with Crippen molar-refractivity contribution in [1.82, 2.24) is 0 Å². The van der Waals surface area contributed by atoms with Crippen molar-refractivity contribution < 1.29 is 14.3 Å². The Morgan fingerprint density at radius 3 is 2.71 bits per heavy atom. The van der Waals surface area contributed by atoms with E-state index in [1.807, 2.05) is 18.2 Å². The van der Waals surface area contributed by atoms with Gasteiger partial charge in [-0.05, 0) is 49.0 Å². The fourth-order valence-electron chi connectivity index (χ4n) is 3.96. The Balaban J connectivity index is 1.94. The Kier molecular flexibility index (Phi) is 5.60. The van der Waals surface area contributed by atoms with Gasteiger partial charge in [0.25, 0.3) is 0 Å². The molecule has 0 amide bonds. The first-order valence-electron chi connectivity index (χ1n) is 9.33. The van der Waals surface area contributed by atoms with E-state index in [0.29, 0.717) is 5.92 Å². The van der Waals surface area contributed by atoms with E-state index in [0.717, 1.165) is 36.1 Å². The van der Waals surface area contributed by atoms with Gasteiger partial charge in [-0.1, -0.05) is 44.7 Å². The molecule has 1 aromatic carbocycles. The Hall–Kier alpha value is -1.77. The lowest BCUT2D eigenvalue weighted by Gasteiger charge is -2.39. The van der Waals surface area contributed by atoms with E-state index in [4.69, 9.17) is 9.47 Å². The van der Waals surface area contributed by atoms with E-state index < -0.39 is 0 Å². The van der Waals surface area contributed by atoms with Gasteiger partial charge in [0.1, 0.15) is 11.9 Å². The van der Waals surface area contributed by atoms with Gasteiger partial charge in [0, 0.05) is 5.92 Å². The number of unbranched alkanes of at least 4 members (excludes halogenated alkanes) is 1. The molecule has 0 bridgehead atoms. The van der Waals surface area contributed by atoms with Crippen molar-refractivity contribution in [1.29, 1.82) is 0 Å². The molecule has 1 aromatic rings. The van der Waals surface area contributed by atoms with Gasteiger partial charge < -0.3 is 9.47 Å². The number of carbonyl (C=O) groups excluding carboxylic acids is 1. The zero-order valence-electron chi connectivity index (χ0n) is 14.8. The van der Waals surface area contributed by atoms with Crippen LogP contribution in [0.5, 0.6) is 5.75 Å². The van der Waals surface area contributed by atoms with E-state index in [2.05, 4.69) is 13.0 Å². The van der Waals surface area contributed by atoms with Gasteiger partial charge in [-0.15, -0.1) is 0 Å². The molecule has 2 aliphatic rings. The summed E-state index contributed by atoms with van der Waals surface area (Å²) >= 11 is 0. The number of benzene rings is 1. The molecular formula is C21H28O3. The van der Waals surface area contributed by atoms with Gasteiger partial charge in [-0.3, -0.25) is 0 Å². The van der Waals surface area contributed by atoms with Crippen molar-refractivity contribution in [3.05, 3.63) is 35.4 Å². The summed E-state index contributed by atoms with van der Waals surface area (Å²) in [7, 11) is 1.68. The first kappa shape index (κ1) is 17.1. The highest BCUT2D eigenvalue weighted by molar-refractivity contribution is 6.03. The maximum atomic E-state index is 12.3. The number of methoxy groups -OCH3 is 1. The van der Waals surface area contributed by atoms with Crippen LogP contribution in [0.3, 0.4) is 0 Å². The number of rotatable bonds is 6. The molecule has 1 saturated heterocycles. The van der Waals surface area contributed by atoms with Crippen LogP contribution in [0.15, 0.2) is 29.8 Å². The Morgan fingerprint density at radius 1 is 1.25 bits per heavy atom. The van der Waals surface area contributed by atoms with Crippen LogP contribution >= 0.6 is 0 Å². The van der Waals surface area contributed by atoms with E-state index in [1.54, 1.807) is 7.11 Å². The molecule has 24 heavy (non-hydrogen) atoms. The van der Waals surface area contributed by atoms with Crippen molar-refractivity contribution in [3.63, 3.8) is 0 Å². The topological polar surface area (TPSA) is 35.5 Å². The average Bonchev–Trinajstić information content (AvgIpc) is 2.63. The highest BCUT2D eigenvalue weighted by Gasteiger charge is 2.43. The monoisotopic (exact) mass is 328 g/mol. The second-order valence-electron chi connectivity index (χ2n) is 6.95. The van der Waals surface area contributed by atoms with Gasteiger partial charge in [-0.2, -0.15) is 0 Å². The molecule has 0 radical (unpaired) electrons. The number of cyclic esters (lactones) is 1. The molecule has 1 aliphatic heterocycles. The number of hydrogen-bond acceptors (Lipinski definition) is 3. The molecule has 1 unspecified atom stereocenters. The SMILES string of the molecule is CCCC/C(=C1/C(=O)OC1C1CCCCC1)c1cccc(OC)c1. The first-order valence-corrected chi connectivity index (χ1v) is 9.33. The number of hydrogen-bond donors (Lipinski definition) is 0. The van der Waals surface area contributed by atoms with Crippen molar-refractivity contribution in [3.8, 4) is 5.75 Å². The lowest BCUT2D eigenvalue weighted by atomic mass is 9.77. The fraction of sp³-hybridized carbons (Fsp3) is 0.571. The molecule has 3 heteroatoms. The Morgan fingerprint density at radius 2 is 2.04 bits per heavy atom. The summed E-state index contributed by atoms with van der Waals surface area (Å²) in [5, 5.41) is 0. The summed E-state index contributed by atoms with van der Waals surface area (Å²) in [4.78, 5) is 12.3. The lowest BCUT2D eigenvalue weighted by Crippen LogP contribution is -2.43. The maximum Gasteiger partial charge on any atom is 0.338 e. The molecule has 0 aromatic heterocycles. The van der Waals surface area contributed by atoms with E-state index in [-0.39, 0.29) is 12.1 Å². The van der Waals surface area contributed by atoms with Crippen LogP contribution in [0.4, 0.5) is 0 Å². The zero-order chi connectivity index (χ0) is 16.9. The van der Waals surface area contributed by atoms with Gasteiger partial charge >= 0.3 is 5.97 Å². The molecule has 1 aliphatic carbocycles. The van der Waals surface area contributed by atoms with Crippen molar-refractivity contribution in [2.24, 2.45) is 5.92 Å². The smallest absolute Gasteiger partial charge is 0.338 e. The van der Waals surface area contributed by atoms with Crippen molar-refractivity contribution in [2.45, 2.75) is 64.4 Å². The summed E-state index contributed by atoms with van der Waals surface area (Å²) in [6.07, 6.45) is 9.33.